The van der Waals surface area contributed by atoms with E-state index in [2.05, 4.69) is 44.3 Å². The number of hydrogen-bond donors (Lipinski definition) is 2. The van der Waals surface area contributed by atoms with Crippen LogP contribution in [0.3, 0.4) is 0 Å². The maximum atomic E-state index is 12.6. The quantitative estimate of drug-likeness (QED) is 0.521. The predicted octanol–water partition coefficient (Wildman–Crippen LogP) is 3.83. The van der Waals surface area contributed by atoms with Crippen molar-refractivity contribution in [3.05, 3.63) is 52.9 Å². The third-order valence-corrected chi connectivity index (χ3v) is 6.11. The molecule has 1 aromatic carbocycles. The molecule has 0 aliphatic carbocycles. The molecule has 0 unspecified atom stereocenters. The van der Waals surface area contributed by atoms with Gasteiger partial charge in [0.1, 0.15) is 22.5 Å². The van der Waals surface area contributed by atoms with Crippen molar-refractivity contribution in [2.45, 2.75) is 23.8 Å². The molecule has 3 heterocycles. The average Bonchev–Trinajstić information content (AvgIpc) is 3.24. The number of fused-ring (bicyclic) bond motifs is 1. The Morgan fingerprint density at radius 1 is 1.15 bits per heavy atom. The second-order valence-electron chi connectivity index (χ2n) is 5.53. The number of carbonyl (C=O) groups excluding carboxylic acids is 1. The van der Waals surface area contributed by atoms with Crippen molar-refractivity contribution >= 4 is 45.2 Å². The summed E-state index contributed by atoms with van der Waals surface area (Å²) < 4.78 is 0. The van der Waals surface area contributed by atoms with Gasteiger partial charge in [0.25, 0.3) is 5.91 Å². The Labute approximate surface area is 157 Å². The predicted molar refractivity (Wildman–Crippen MR) is 102 cm³/mol. The molecule has 0 atom stereocenters. The molecule has 0 saturated carbocycles. The first-order valence-corrected chi connectivity index (χ1v) is 9.41. The molecule has 0 bridgehead atoms. The van der Waals surface area contributed by atoms with Gasteiger partial charge in [0.2, 0.25) is 5.95 Å². The normalized spacial score (nSPS) is 11.0. The number of nitrogens with zero attached hydrogens (tertiary/aromatic N) is 4. The summed E-state index contributed by atoms with van der Waals surface area (Å²) in [7, 11) is 0. The van der Waals surface area contributed by atoms with Gasteiger partial charge < -0.3 is 0 Å². The third kappa shape index (κ3) is 3.06. The zero-order valence-electron chi connectivity index (χ0n) is 14.0. The maximum Gasteiger partial charge on any atom is 0.259 e. The molecule has 3 aromatic heterocycles. The van der Waals surface area contributed by atoms with Gasteiger partial charge in [-0.15, -0.1) is 11.3 Å². The summed E-state index contributed by atoms with van der Waals surface area (Å²) in [5, 5.41) is 11.0. The van der Waals surface area contributed by atoms with Gasteiger partial charge in [-0.2, -0.15) is 10.1 Å². The van der Waals surface area contributed by atoms with E-state index >= 15 is 0 Å². The van der Waals surface area contributed by atoms with Crippen LogP contribution in [0.4, 0.5) is 5.95 Å². The SMILES string of the molecule is Cc1sc2ncnc(Sc3ccccc3C(=O)Nc3ncn[nH]3)c2c1C. The summed E-state index contributed by atoms with van der Waals surface area (Å²) >= 11 is 3.11. The molecule has 26 heavy (non-hydrogen) atoms. The van der Waals surface area contributed by atoms with E-state index in [9.17, 15) is 4.79 Å². The minimum absolute atomic E-state index is 0.256. The molecule has 130 valence electrons. The summed E-state index contributed by atoms with van der Waals surface area (Å²) in [5.41, 5.74) is 1.72. The monoisotopic (exact) mass is 382 g/mol. The van der Waals surface area contributed by atoms with Gasteiger partial charge in [0, 0.05) is 15.2 Å². The Bertz CT molecular complexity index is 1090. The lowest BCUT2D eigenvalue weighted by molar-refractivity contribution is 0.102. The number of anilines is 1. The highest BCUT2D eigenvalue weighted by Crippen LogP contribution is 2.38. The van der Waals surface area contributed by atoms with Crippen LogP contribution in [0.15, 0.2) is 46.8 Å². The highest BCUT2D eigenvalue weighted by atomic mass is 32.2. The Morgan fingerprint density at radius 2 is 2.00 bits per heavy atom. The topological polar surface area (TPSA) is 96.5 Å². The number of thiophene rings is 1. The average molecular weight is 382 g/mol. The van der Waals surface area contributed by atoms with E-state index in [0.29, 0.717) is 11.5 Å². The highest BCUT2D eigenvalue weighted by Gasteiger charge is 2.17. The lowest BCUT2D eigenvalue weighted by Gasteiger charge is -2.09. The number of aryl methyl sites for hydroxylation is 2. The van der Waals surface area contributed by atoms with E-state index in [1.54, 1.807) is 23.7 Å². The molecule has 0 fully saturated rings. The minimum Gasteiger partial charge on any atom is -0.291 e. The molecule has 7 nitrogen and oxygen atoms in total. The van der Waals surface area contributed by atoms with Crippen LogP contribution in [-0.4, -0.2) is 31.1 Å². The molecular weight excluding hydrogens is 368 g/mol. The Kier molecular flexibility index (Phi) is 4.39. The van der Waals surface area contributed by atoms with Crippen LogP contribution in [0.5, 0.6) is 0 Å². The smallest absolute Gasteiger partial charge is 0.259 e. The van der Waals surface area contributed by atoms with Crippen LogP contribution in [0.2, 0.25) is 0 Å². The fraction of sp³-hybridized carbons (Fsp3) is 0.118. The van der Waals surface area contributed by atoms with E-state index in [1.807, 2.05) is 18.2 Å². The van der Waals surface area contributed by atoms with Crippen molar-refractivity contribution in [2.24, 2.45) is 0 Å². The molecular formula is C17H14N6OS2. The number of benzene rings is 1. The number of aromatic nitrogens is 5. The van der Waals surface area contributed by atoms with Crippen LogP contribution in [-0.2, 0) is 0 Å². The number of rotatable bonds is 4. The van der Waals surface area contributed by atoms with Crippen LogP contribution in [0, 0.1) is 13.8 Å². The molecule has 1 amide bonds. The largest absolute Gasteiger partial charge is 0.291 e. The highest BCUT2D eigenvalue weighted by molar-refractivity contribution is 7.99. The van der Waals surface area contributed by atoms with Crippen molar-refractivity contribution in [1.82, 2.24) is 25.1 Å². The molecule has 0 spiro atoms. The second-order valence-corrected chi connectivity index (χ2v) is 7.76. The third-order valence-electron chi connectivity index (χ3n) is 3.92. The zero-order valence-corrected chi connectivity index (χ0v) is 15.6. The Morgan fingerprint density at radius 3 is 2.81 bits per heavy atom. The molecule has 2 N–H and O–H groups in total. The summed E-state index contributed by atoms with van der Waals surface area (Å²) in [4.78, 5) is 28.4. The van der Waals surface area contributed by atoms with Crippen LogP contribution >= 0.6 is 23.1 Å². The van der Waals surface area contributed by atoms with E-state index < -0.39 is 0 Å². The number of H-pyrrole nitrogens is 1. The van der Waals surface area contributed by atoms with Crippen molar-refractivity contribution in [1.29, 1.82) is 0 Å². The van der Waals surface area contributed by atoms with Gasteiger partial charge in [0.15, 0.2) is 0 Å². The first kappa shape index (κ1) is 16.7. The number of hydrogen-bond acceptors (Lipinski definition) is 7. The van der Waals surface area contributed by atoms with Crippen LogP contribution < -0.4 is 5.32 Å². The fourth-order valence-electron chi connectivity index (χ4n) is 2.52. The standard InChI is InChI=1S/C17H14N6OS2/c1-9-10(2)25-15-13(9)16(19-7-18-15)26-12-6-4-3-5-11(12)14(24)22-17-20-8-21-23-17/h3-8H,1-2H3,(H2,20,21,22,23,24). The zero-order chi connectivity index (χ0) is 18.1. The number of nitrogens with one attached hydrogen (secondary N) is 2. The van der Waals surface area contributed by atoms with Gasteiger partial charge in [-0.3, -0.25) is 10.1 Å². The summed E-state index contributed by atoms with van der Waals surface area (Å²) in [6.07, 6.45) is 2.91. The lowest BCUT2D eigenvalue weighted by atomic mass is 10.2. The van der Waals surface area contributed by atoms with E-state index in [-0.39, 0.29) is 5.91 Å². The number of amides is 1. The number of carbonyl (C=O) groups is 1. The summed E-state index contributed by atoms with van der Waals surface area (Å²) in [5.74, 6) is 0.0527. The van der Waals surface area contributed by atoms with Crippen molar-refractivity contribution in [3.8, 4) is 0 Å². The molecule has 9 heteroatoms. The van der Waals surface area contributed by atoms with Crippen molar-refractivity contribution in [3.63, 3.8) is 0 Å². The van der Waals surface area contributed by atoms with Crippen LogP contribution in [0.25, 0.3) is 10.2 Å². The maximum absolute atomic E-state index is 12.6. The van der Waals surface area contributed by atoms with Gasteiger partial charge >= 0.3 is 0 Å². The minimum atomic E-state index is -0.256. The molecule has 0 aliphatic rings. The molecule has 0 aliphatic heterocycles. The first-order valence-electron chi connectivity index (χ1n) is 7.78. The van der Waals surface area contributed by atoms with E-state index in [0.717, 1.165) is 20.1 Å². The van der Waals surface area contributed by atoms with Gasteiger partial charge in [-0.05, 0) is 31.5 Å². The van der Waals surface area contributed by atoms with Gasteiger partial charge in [0.05, 0.1) is 5.56 Å². The second kappa shape index (κ2) is 6.85. The summed E-state index contributed by atoms with van der Waals surface area (Å²) in [6, 6.07) is 7.41. The van der Waals surface area contributed by atoms with Crippen molar-refractivity contribution < 1.29 is 4.79 Å². The molecule has 4 aromatic rings. The molecule has 4 rings (SSSR count). The fourth-order valence-corrected chi connectivity index (χ4v) is 4.65. The Balaban J connectivity index is 1.71. The molecule has 0 radical (unpaired) electrons. The molecule has 0 saturated heterocycles. The van der Waals surface area contributed by atoms with Gasteiger partial charge in [-0.1, -0.05) is 23.9 Å². The van der Waals surface area contributed by atoms with E-state index in [1.165, 1.54) is 28.5 Å². The van der Waals surface area contributed by atoms with E-state index in [4.69, 9.17) is 0 Å². The Hall–Kier alpha value is -2.78. The van der Waals surface area contributed by atoms with Crippen LogP contribution in [0.1, 0.15) is 20.8 Å². The van der Waals surface area contributed by atoms with Crippen molar-refractivity contribution in [2.75, 3.05) is 5.32 Å². The van der Waals surface area contributed by atoms with Gasteiger partial charge in [-0.25, -0.2) is 15.1 Å². The number of aromatic amines is 1. The first-order chi connectivity index (χ1) is 12.6. The lowest BCUT2D eigenvalue weighted by Crippen LogP contribution is -2.14. The summed E-state index contributed by atoms with van der Waals surface area (Å²) in [6.45, 7) is 4.15.